The highest BCUT2D eigenvalue weighted by Crippen LogP contribution is 2.12. The maximum atomic E-state index is 12.0. The number of primary sulfonamides is 1. The number of nitrogens with two attached hydrogens (primary N) is 1. The molecule has 0 radical (unpaired) electrons. The second kappa shape index (κ2) is 5.75. The van der Waals surface area contributed by atoms with E-state index in [1.165, 1.54) is 16.8 Å². The normalized spacial score (nSPS) is 13.6. The molecule has 0 bridgehead atoms. The molecule has 0 fully saturated rings. The van der Waals surface area contributed by atoms with Gasteiger partial charge in [-0.2, -0.15) is 0 Å². The molecular formula is C12H21N3O3S. The Morgan fingerprint density at radius 1 is 1.42 bits per heavy atom. The van der Waals surface area contributed by atoms with Crippen LogP contribution in [-0.2, 0) is 17.1 Å². The van der Waals surface area contributed by atoms with Crippen molar-refractivity contribution in [3.63, 3.8) is 0 Å². The molecule has 1 atom stereocenters. The van der Waals surface area contributed by atoms with Crippen LogP contribution in [0.1, 0.15) is 31.3 Å². The lowest BCUT2D eigenvalue weighted by molar-refractivity contribution is 0.0936. The highest BCUT2D eigenvalue weighted by atomic mass is 32.2. The minimum atomic E-state index is -3.78. The van der Waals surface area contributed by atoms with E-state index < -0.39 is 10.0 Å². The molecule has 19 heavy (non-hydrogen) atoms. The van der Waals surface area contributed by atoms with Crippen molar-refractivity contribution >= 4 is 15.9 Å². The van der Waals surface area contributed by atoms with Crippen molar-refractivity contribution in [1.82, 2.24) is 9.88 Å². The number of aryl methyl sites for hydroxylation is 1. The van der Waals surface area contributed by atoms with Gasteiger partial charge in [0.25, 0.3) is 5.91 Å². The molecule has 1 aromatic rings. The van der Waals surface area contributed by atoms with Crippen LogP contribution in [-0.4, -0.2) is 25.4 Å². The monoisotopic (exact) mass is 287 g/mol. The van der Waals surface area contributed by atoms with Gasteiger partial charge in [-0.05, 0) is 17.9 Å². The molecule has 108 valence electrons. The van der Waals surface area contributed by atoms with Crippen molar-refractivity contribution in [1.29, 1.82) is 0 Å². The van der Waals surface area contributed by atoms with Crippen LogP contribution in [0.5, 0.6) is 0 Å². The van der Waals surface area contributed by atoms with Gasteiger partial charge in [0.2, 0.25) is 10.0 Å². The Hall–Kier alpha value is -1.34. The van der Waals surface area contributed by atoms with Crippen molar-refractivity contribution in [2.75, 3.05) is 6.54 Å². The van der Waals surface area contributed by atoms with Crippen molar-refractivity contribution in [2.45, 2.75) is 25.7 Å². The molecule has 3 N–H and O–H groups in total. The summed E-state index contributed by atoms with van der Waals surface area (Å²) in [6.07, 6.45) is 1.33. The van der Waals surface area contributed by atoms with Crippen LogP contribution in [0.15, 0.2) is 17.2 Å². The zero-order valence-electron chi connectivity index (χ0n) is 11.7. The van der Waals surface area contributed by atoms with Gasteiger partial charge in [0.1, 0.15) is 10.6 Å². The fourth-order valence-corrected chi connectivity index (χ4v) is 2.08. The molecule has 0 aliphatic carbocycles. The molecule has 1 rings (SSSR count). The maximum Gasteiger partial charge on any atom is 0.267 e. The van der Waals surface area contributed by atoms with Gasteiger partial charge in [0.15, 0.2) is 0 Å². The van der Waals surface area contributed by atoms with Crippen LogP contribution >= 0.6 is 0 Å². The average Bonchev–Trinajstić information content (AvgIpc) is 2.67. The fourth-order valence-electron chi connectivity index (χ4n) is 1.50. The number of sulfonamides is 1. The molecule has 0 aliphatic rings. The highest BCUT2D eigenvalue weighted by molar-refractivity contribution is 7.89. The zero-order chi connectivity index (χ0) is 14.8. The lowest BCUT2D eigenvalue weighted by atomic mass is 9.98. The summed E-state index contributed by atoms with van der Waals surface area (Å²) in [5.74, 6) is 0.514. The Bertz CT molecular complexity index is 561. The van der Waals surface area contributed by atoms with E-state index >= 15 is 0 Å². The Morgan fingerprint density at radius 3 is 2.42 bits per heavy atom. The summed E-state index contributed by atoms with van der Waals surface area (Å²) in [4.78, 5) is 11.9. The number of nitrogens with zero attached hydrogens (tertiary/aromatic N) is 1. The Balaban J connectivity index is 2.81. The average molecular weight is 287 g/mol. The van der Waals surface area contributed by atoms with E-state index in [2.05, 4.69) is 19.2 Å². The van der Waals surface area contributed by atoms with E-state index in [1.807, 2.05) is 6.92 Å². The molecule has 6 nitrogen and oxygen atoms in total. The third-order valence-corrected chi connectivity index (χ3v) is 4.14. The third-order valence-electron chi connectivity index (χ3n) is 3.26. The van der Waals surface area contributed by atoms with Crippen molar-refractivity contribution < 1.29 is 13.2 Å². The SMILES string of the molecule is CC(C)C(C)CNC(=O)c1cc(S(N)(=O)=O)cn1C. The van der Waals surface area contributed by atoms with Gasteiger partial charge in [-0.3, -0.25) is 4.79 Å². The summed E-state index contributed by atoms with van der Waals surface area (Å²) in [5.41, 5.74) is 0.278. The lowest BCUT2D eigenvalue weighted by Gasteiger charge is -2.16. The first-order valence-electron chi connectivity index (χ1n) is 6.10. The Kier molecular flexibility index (Phi) is 4.75. The molecule has 0 saturated carbocycles. The maximum absolute atomic E-state index is 12.0. The van der Waals surface area contributed by atoms with Gasteiger partial charge in [0, 0.05) is 19.8 Å². The van der Waals surface area contributed by atoms with Crippen LogP contribution in [0.3, 0.4) is 0 Å². The zero-order valence-corrected chi connectivity index (χ0v) is 12.5. The Labute approximate surface area is 114 Å². The van der Waals surface area contributed by atoms with Crippen molar-refractivity contribution in [3.05, 3.63) is 18.0 Å². The second-order valence-corrected chi connectivity index (χ2v) is 6.71. The van der Waals surface area contributed by atoms with Crippen LogP contribution in [0.25, 0.3) is 0 Å². The Morgan fingerprint density at radius 2 is 2.00 bits per heavy atom. The topological polar surface area (TPSA) is 94.2 Å². The van der Waals surface area contributed by atoms with Crippen LogP contribution in [0.4, 0.5) is 0 Å². The standard InChI is InChI=1S/C12H21N3O3S/c1-8(2)9(3)6-14-12(16)11-5-10(7-15(11)4)19(13,17)18/h5,7-9H,6H2,1-4H3,(H,14,16)(H2,13,17,18). The van der Waals surface area contributed by atoms with E-state index in [-0.39, 0.29) is 16.5 Å². The van der Waals surface area contributed by atoms with Crippen LogP contribution in [0.2, 0.25) is 0 Å². The molecule has 1 heterocycles. The molecule has 1 unspecified atom stereocenters. The number of amides is 1. The second-order valence-electron chi connectivity index (χ2n) is 5.15. The van der Waals surface area contributed by atoms with E-state index in [0.717, 1.165) is 0 Å². The largest absolute Gasteiger partial charge is 0.350 e. The van der Waals surface area contributed by atoms with Gasteiger partial charge < -0.3 is 9.88 Å². The summed E-state index contributed by atoms with van der Waals surface area (Å²) in [7, 11) is -2.18. The highest BCUT2D eigenvalue weighted by Gasteiger charge is 2.18. The predicted molar refractivity (Wildman–Crippen MR) is 73.1 cm³/mol. The number of rotatable bonds is 5. The number of hydrogen-bond acceptors (Lipinski definition) is 3. The van der Waals surface area contributed by atoms with E-state index in [1.54, 1.807) is 7.05 Å². The minimum absolute atomic E-state index is 0.0583. The fraction of sp³-hybridized carbons (Fsp3) is 0.583. The summed E-state index contributed by atoms with van der Waals surface area (Å²) in [5, 5.41) is 7.82. The molecule has 1 amide bonds. The van der Waals surface area contributed by atoms with Gasteiger partial charge in [-0.25, -0.2) is 13.6 Å². The summed E-state index contributed by atoms with van der Waals surface area (Å²) in [6, 6.07) is 1.28. The molecule has 1 aromatic heterocycles. The molecule has 0 aromatic carbocycles. The first-order chi connectivity index (χ1) is 8.62. The molecular weight excluding hydrogens is 266 g/mol. The molecule has 0 spiro atoms. The first kappa shape index (κ1) is 15.7. The quantitative estimate of drug-likeness (QED) is 0.834. The molecule has 0 saturated heterocycles. The summed E-state index contributed by atoms with van der Waals surface area (Å²) < 4.78 is 23.9. The summed E-state index contributed by atoms with van der Waals surface area (Å²) >= 11 is 0. The van der Waals surface area contributed by atoms with Crippen LogP contribution in [0, 0.1) is 11.8 Å². The van der Waals surface area contributed by atoms with Crippen molar-refractivity contribution in [2.24, 2.45) is 24.0 Å². The number of carbonyl (C=O) groups is 1. The van der Waals surface area contributed by atoms with Crippen LogP contribution < -0.4 is 10.5 Å². The van der Waals surface area contributed by atoms with Gasteiger partial charge in [-0.1, -0.05) is 20.8 Å². The van der Waals surface area contributed by atoms with Gasteiger partial charge in [-0.15, -0.1) is 0 Å². The lowest BCUT2D eigenvalue weighted by Crippen LogP contribution is -2.31. The number of hydrogen-bond donors (Lipinski definition) is 2. The third kappa shape index (κ3) is 4.07. The molecule has 0 aliphatic heterocycles. The van der Waals surface area contributed by atoms with E-state index in [0.29, 0.717) is 18.4 Å². The molecule has 7 heteroatoms. The van der Waals surface area contributed by atoms with Gasteiger partial charge in [0.05, 0.1) is 0 Å². The smallest absolute Gasteiger partial charge is 0.267 e. The minimum Gasteiger partial charge on any atom is -0.350 e. The van der Waals surface area contributed by atoms with E-state index in [9.17, 15) is 13.2 Å². The van der Waals surface area contributed by atoms with Crippen molar-refractivity contribution in [3.8, 4) is 0 Å². The predicted octanol–water partition coefficient (Wildman–Crippen LogP) is 0.694. The number of nitrogens with one attached hydrogen (secondary N) is 1. The number of aromatic nitrogens is 1. The van der Waals surface area contributed by atoms with Gasteiger partial charge >= 0.3 is 0 Å². The number of carbonyl (C=O) groups excluding carboxylic acids is 1. The summed E-state index contributed by atoms with van der Waals surface area (Å²) in [6.45, 7) is 6.76. The van der Waals surface area contributed by atoms with E-state index in [4.69, 9.17) is 5.14 Å². The first-order valence-corrected chi connectivity index (χ1v) is 7.65.